The maximum atomic E-state index is 13.0. The molecule has 94 valence electrons. The van der Waals surface area contributed by atoms with Gasteiger partial charge in [0.25, 0.3) is 0 Å². The molecule has 1 fully saturated rings. The standard InChI is InChI=1S/C13H12ClFN2O/c14-13(8-18,17-12-3-4-12)6-9-1-2-11(15)5-10(9)7-16/h1-2,5,8,12,17H,3-4,6H2. The van der Waals surface area contributed by atoms with Gasteiger partial charge in [0.15, 0.2) is 11.3 Å². The van der Waals surface area contributed by atoms with Crippen molar-refractivity contribution in [3.63, 3.8) is 0 Å². The fourth-order valence-corrected chi connectivity index (χ4v) is 2.08. The van der Waals surface area contributed by atoms with Crippen molar-refractivity contribution in [3.05, 3.63) is 35.1 Å². The van der Waals surface area contributed by atoms with Crippen LogP contribution in [0.3, 0.4) is 0 Å². The largest absolute Gasteiger partial charge is 0.300 e. The number of benzene rings is 1. The maximum Gasteiger partial charge on any atom is 0.155 e. The second-order valence-corrected chi connectivity index (χ2v) is 5.16. The van der Waals surface area contributed by atoms with Crippen molar-refractivity contribution in [2.24, 2.45) is 0 Å². The van der Waals surface area contributed by atoms with Crippen molar-refractivity contribution in [2.75, 3.05) is 0 Å². The average Bonchev–Trinajstić information content (AvgIpc) is 3.15. The predicted octanol–water partition coefficient (Wildman–Crippen LogP) is 2.13. The van der Waals surface area contributed by atoms with E-state index in [2.05, 4.69) is 5.32 Å². The second-order valence-electron chi connectivity index (χ2n) is 4.49. The van der Waals surface area contributed by atoms with Gasteiger partial charge >= 0.3 is 0 Å². The number of halogens is 2. The molecular formula is C13H12ClFN2O. The molecule has 5 heteroatoms. The minimum atomic E-state index is -1.22. The molecule has 1 saturated carbocycles. The van der Waals surface area contributed by atoms with Gasteiger partial charge in [-0.05, 0) is 30.5 Å². The molecule has 18 heavy (non-hydrogen) atoms. The molecule has 0 heterocycles. The Bertz CT molecular complexity index is 510. The molecule has 0 radical (unpaired) electrons. The van der Waals surface area contributed by atoms with Gasteiger partial charge in [-0.2, -0.15) is 5.26 Å². The van der Waals surface area contributed by atoms with Gasteiger partial charge in [0.2, 0.25) is 0 Å². The van der Waals surface area contributed by atoms with Gasteiger partial charge in [0, 0.05) is 12.5 Å². The Morgan fingerprint density at radius 1 is 1.61 bits per heavy atom. The number of hydrogen-bond acceptors (Lipinski definition) is 3. The number of nitrogens with zero attached hydrogens (tertiary/aromatic N) is 1. The summed E-state index contributed by atoms with van der Waals surface area (Å²) in [4.78, 5) is 9.89. The number of aldehydes is 1. The topological polar surface area (TPSA) is 52.9 Å². The smallest absolute Gasteiger partial charge is 0.155 e. The molecule has 0 aliphatic heterocycles. The van der Waals surface area contributed by atoms with Gasteiger partial charge in [0.1, 0.15) is 5.82 Å². The van der Waals surface area contributed by atoms with Crippen molar-refractivity contribution in [3.8, 4) is 6.07 Å². The van der Waals surface area contributed by atoms with Crippen molar-refractivity contribution >= 4 is 17.9 Å². The lowest BCUT2D eigenvalue weighted by atomic mass is 10.0. The number of nitriles is 1. The molecular weight excluding hydrogens is 255 g/mol. The summed E-state index contributed by atoms with van der Waals surface area (Å²) in [5.74, 6) is -0.475. The van der Waals surface area contributed by atoms with E-state index in [0.29, 0.717) is 11.8 Å². The van der Waals surface area contributed by atoms with Crippen LogP contribution in [0, 0.1) is 17.1 Å². The van der Waals surface area contributed by atoms with Crippen LogP contribution in [0.15, 0.2) is 18.2 Å². The predicted molar refractivity (Wildman–Crippen MR) is 65.6 cm³/mol. The third-order valence-electron chi connectivity index (χ3n) is 2.85. The van der Waals surface area contributed by atoms with E-state index in [1.165, 1.54) is 12.1 Å². The molecule has 0 bridgehead atoms. The lowest BCUT2D eigenvalue weighted by Gasteiger charge is -2.22. The zero-order valence-corrected chi connectivity index (χ0v) is 10.4. The Hall–Kier alpha value is -1.44. The van der Waals surface area contributed by atoms with Crippen LogP contribution in [0.2, 0.25) is 0 Å². The monoisotopic (exact) mass is 266 g/mol. The molecule has 1 aliphatic rings. The van der Waals surface area contributed by atoms with Crippen molar-refractivity contribution in [1.29, 1.82) is 5.26 Å². The summed E-state index contributed by atoms with van der Waals surface area (Å²) in [7, 11) is 0. The van der Waals surface area contributed by atoms with Crippen LogP contribution in [-0.2, 0) is 11.2 Å². The van der Waals surface area contributed by atoms with Crippen LogP contribution >= 0.6 is 11.6 Å². The number of carbonyl (C=O) groups is 1. The highest BCUT2D eigenvalue weighted by molar-refractivity contribution is 6.31. The molecule has 1 unspecified atom stereocenters. The molecule has 3 nitrogen and oxygen atoms in total. The van der Waals surface area contributed by atoms with Crippen LogP contribution in [0.4, 0.5) is 4.39 Å². The Labute approximate surface area is 110 Å². The van der Waals surface area contributed by atoms with Crippen molar-refractivity contribution in [1.82, 2.24) is 5.32 Å². The summed E-state index contributed by atoms with van der Waals surface area (Å²) in [5, 5.41) is 12.0. The third-order valence-corrected chi connectivity index (χ3v) is 3.18. The van der Waals surface area contributed by atoms with Crippen LogP contribution in [-0.4, -0.2) is 17.3 Å². The van der Waals surface area contributed by atoms with Gasteiger partial charge in [-0.3, -0.25) is 10.1 Å². The Morgan fingerprint density at radius 2 is 2.33 bits per heavy atom. The van der Waals surface area contributed by atoms with Crippen molar-refractivity contribution in [2.45, 2.75) is 30.3 Å². The SMILES string of the molecule is N#Cc1cc(F)ccc1CC(Cl)(C=O)NC1CC1. The van der Waals surface area contributed by atoms with E-state index in [9.17, 15) is 9.18 Å². The van der Waals surface area contributed by atoms with Crippen LogP contribution in [0.1, 0.15) is 24.0 Å². The maximum absolute atomic E-state index is 13.0. The van der Waals surface area contributed by atoms with E-state index in [4.69, 9.17) is 16.9 Å². The number of rotatable bonds is 5. The quantitative estimate of drug-likeness (QED) is 0.505. The highest BCUT2D eigenvalue weighted by atomic mass is 35.5. The van der Waals surface area contributed by atoms with Gasteiger partial charge < -0.3 is 0 Å². The van der Waals surface area contributed by atoms with E-state index in [0.717, 1.165) is 18.9 Å². The first-order valence-electron chi connectivity index (χ1n) is 5.68. The van der Waals surface area contributed by atoms with Crippen LogP contribution in [0.5, 0.6) is 0 Å². The molecule has 0 amide bonds. The number of hydrogen-bond donors (Lipinski definition) is 1. The first-order valence-corrected chi connectivity index (χ1v) is 6.05. The molecule has 1 aliphatic carbocycles. The van der Waals surface area contributed by atoms with Crippen LogP contribution < -0.4 is 5.32 Å². The summed E-state index contributed by atoms with van der Waals surface area (Å²) < 4.78 is 13.0. The molecule has 1 aromatic carbocycles. The fourth-order valence-electron chi connectivity index (χ4n) is 1.78. The molecule has 1 N–H and O–H groups in total. The Morgan fingerprint density at radius 3 is 2.89 bits per heavy atom. The minimum Gasteiger partial charge on any atom is -0.300 e. The van der Waals surface area contributed by atoms with E-state index in [-0.39, 0.29) is 18.0 Å². The number of carbonyl (C=O) groups excluding carboxylic acids is 1. The van der Waals surface area contributed by atoms with Gasteiger partial charge in [-0.25, -0.2) is 4.39 Å². The van der Waals surface area contributed by atoms with E-state index >= 15 is 0 Å². The minimum absolute atomic E-state index is 0.164. The first-order chi connectivity index (χ1) is 8.56. The first kappa shape index (κ1) is 13.0. The fraction of sp³-hybridized carbons (Fsp3) is 0.385. The summed E-state index contributed by atoms with van der Waals surface area (Å²) in [6.07, 6.45) is 2.79. The Balaban J connectivity index is 2.20. The van der Waals surface area contributed by atoms with Gasteiger partial charge in [-0.15, -0.1) is 0 Å². The molecule has 1 aromatic rings. The zero-order chi connectivity index (χ0) is 13.2. The van der Waals surface area contributed by atoms with Gasteiger partial charge in [0.05, 0.1) is 11.6 Å². The van der Waals surface area contributed by atoms with E-state index in [1.807, 2.05) is 6.07 Å². The highest BCUT2D eigenvalue weighted by Crippen LogP contribution is 2.27. The molecule has 0 spiro atoms. The highest BCUT2D eigenvalue weighted by Gasteiger charge is 2.35. The van der Waals surface area contributed by atoms with Crippen LogP contribution in [0.25, 0.3) is 0 Å². The number of alkyl halides is 1. The molecule has 0 saturated heterocycles. The lowest BCUT2D eigenvalue weighted by Crippen LogP contribution is -2.44. The van der Waals surface area contributed by atoms with Gasteiger partial charge in [-0.1, -0.05) is 17.7 Å². The average molecular weight is 267 g/mol. The van der Waals surface area contributed by atoms with Crippen molar-refractivity contribution < 1.29 is 9.18 Å². The van der Waals surface area contributed by atoms with E-state index < -0.39 is 10.8 Å². The lowest BCUT2D eigenvalue weighted by molar-refractivity contribution is -0.110. The Kier molecular flexibility index (Phi) is 3.65. The summed E-state index contributed by atoms with van der Waals surface area (Å²) in [6.45, 7) is 0. The number of nitrogens with one attached hydrogen (secondary N) is 1. The van der Waals surface area contributed by atoms with E-state index in [1.54, 1.807) is 0 Å². The zero-order valence-electron chi connectivity index (χ0n) is 9.62. The molecule has 0 aromatic heterocycles. The molecule has 2 rings (SSSR count). The normalized spacial score (nSPS) is 17.8. The summed E-state index contributed by atoms with van der Waals surface area (Å²) >= 11 is 6.18. The summed E-state index contributed by atoms with van der Waals surface area (Å²) in [5.41, 5.74) is 0.772. The summed E-state index contributed by atoms with van der Waals surface area (Å²) in [6, 6.07) is 6.07. The molecule has 1 atom stereocenters. The third kappa shape index (κ3) is 3.06. The second kappa shape index (κ2) is 5.05.